The lowest BCUT2D eigenvalue weighted by Crippen LogP contribution is -2.32. The summed E-state index contributed by atoms with van der Waals surface area (Å²) >= 11 is 6.08. The highest BCUT2D eigenvalue weighted by molar-refractivity contribution is 6.31. The van der Waals surface area contributed by atoms with Gasteiger partial charge in [-0.25, -0.2) is 0 Å². The molecular formula is C22H20ClNO7. The molecule has 0 bridgehead atoms. The first-order valence-electron chi connectivity index (χ1n) is 9.43. The molecule has 31 heavy (non-hydrogen) atoms. The highest BCUT2D eigenvalue weighted by Crippen LogP contribution is 2.44. The van der Waals surface area contributed by atoms with E-state index in [1.165, 1.54) is 32.3 Å². The van der Waals surface area contributed by atoms with Crippen LogP contribution in [0, 0.1) is 0 Å². The van der Waals surface area contributed by atoms with E-state index in [-0.39, 0.29) is 40.9 Å². The number of hydrogen-bond donors (Lipinski definition) is 1. The summed E-state index contributed by atoms with van der Waals surface area (Å²) in [5, 5.41) is 10.2. The number of fused-ring (bicyclic) bond motifs is 2. The molecule has 4 rings (SSSR count). The van der Waals surface area contributed by atoms with Gasteiger partial charge in [-0.3, -0.25) is 9.59 Å². The third-order valence-corrected chi connectivity index (χ3v) is 5.51. The van der Waals surface area contributed by atoms with Crippen LogP contribution in [0.15, 0.2) is 39.5 Å². The largest absolute Gasteiger partial charge is 0.493 e. The molecule has 0 fully saturated rings. The summed E-state index contributed by atoms with van der Waals surface area (Å²) in [6, 6.07) is 7.16. The Balaban J connectivity index is 2.02. The van der Waals surface area contributed by atoms with E-state index < -0.39 is 11.9 Å². The number of halogens is 1. The van der Waals surface area contributed by atoms with Gasteiger partial charge in [0.1, 0.15) is 5.58 Å². The second-order valence-electron chi connectivity index (χ2n) is 6.90. The van der Waals surface area contributed by atoms with Gasteiger partial charge < -0.3 is 28.6 Å². The zero-order valence-electron chi connectivity index (χ0n) is 17.1. The van der Waals surface area contributed by atoms with Crippen molar-refractivity contribution >= 4 is 28.5 Å². The Morgan fingerprint density at radius 3 is 2.32 bits per heavy atom. The van der Waals surface area contributed by atoms with Crippen molar-refractivity contribution in [3.63, 3.8) is 0 Å². The summed E-state index contributed by atoms with van der Waals surface area (Å²) in [4.78, 5) is 28.0. The van der Waals surface area contributed by atoms with Crippen LogP contribution in [0.2, 0.25) is 5.02 Å². The fourth-order valence-corrected chi connectivity index (χ4v) is 4.11. The van der Waals surface area contributed by atoms with Crippen LogP contribution in [0.3, 0.4) is 0 Å². The van der Waals surface area contributed by atoms with E-state index in [9.17, 15) is 14.7 Å². The van der Waals surface area contributed by atoms with Gasteiger partial charge in [-0.15, -0.1) is 0 Å². The van der Waals surface area contributed by atoms with Crippen LogP contribution in [0.4, 0.5) is 0 Å². The second-order valence-corrected chi connectivity index (χ2v) is 7.33. The van der Waals surface area contributed by atoms with Crippen molar-refractivity contribution in [3.05, 3.63) is 62.5 Å². The maximum atomic E-state index is 13.4. The molecule has 3 aromatic rings. The molecule has 1 N–H and O–H groups in total. The summed E-state index contributed by atoms with van der Waals surface area (Å²) in [5.41, 5.74) is 0.605. The van der Waals surface area contributed by atoms with E-state index in [1.54, 1.807) is 24.3 Å². The Labute approximate surface area is 182 Å². The minimum Gasteiger partial charge on any atom is -0.493 e. The summed E-state index contributed by atoms with van der Waals surface area (Å²) in [5.74, 6) is 0.568. The number of carbonyl (C=O) groups excluding carboxylic acids is 1. The van der Waals surface area contributed by atoms with Gasteiger partial charge in [0.2, 0.25) is 11.5 Å². The fraction of sp³-hybridized carbons (Fsp3) is 0.273. The number of carbonyl (C=O) groups is 1. The minimum absolute atomic E-state index is 0.000894. The van der Waals surface area contributed by atoms with Gasteiger partial charge >= 0.3 is 0 Å². The summed E-state index contributed by atoms with van der Waals surface area (Å²) in [6.07, 6.45) is 0. The normalized spacial score (nSPS) is 15.3. The molecule has 0 saturated carbocycles. The molecule has 1 aromatic heterocycles. The van der Waals surface area contributed by atoms with Gasteiger partial charge in [-0.2, -0.15) is 0 Å². The number of amides is 1. The molecule has 1 atom stereocenters. The van der Waals surface area contributed by atoms with Crippen LogP contribution in [0.5, 0.6) is 17.2 Å². The molecule has 0 radical (unpaired) electrons. The molecule has 162 valence electrons. The Bertz CT molecular complexity index is 1210. The van der Waals surface area contributed by atoms with Crippen LogP contribution >= 0.6 is 11.6 Å². The van der Waals surface area contributed by atoms with Gasteiger partial charge in [0.05, 0.1) is 44.9 Å². The quantitative estimate of drug-likeness (QED) is 0.622. The van der Waals surface area contributed by atoms with Crippen LogP contribution in [-0.2, 0) is 0 Å². The summed E-state index contributed by atoms with van der Waals surface area (Å²) in [7, 11) is 4.44. The van der Waals surface area contributed by atoms with Crippen LogP contribution in [0.1, 0.15) is 27.7 Å². The highest BCUT2D eigenvalue weighted by atomic mass is 35.5. The SMILES string of the molecule is COc1cc(C2c3c(oc4ccc(Cl)cc4c3=O)C(=O)N2CCO)cc(OC)c1OC. The van der Waals surface area contributed by atoms with E-state index in [1.807, 2.05) is 0 Å². The fourth-order valence-electron chi connectivity index (χ4n) is 3.94. The maximum absolute atomic E-state index is 13.4. The molecule has 2 aromatic carbocycles. The molecule has 9 heteroatoms. The molecule has 8 nitrogen and oxygen atoms in total. The predicted octanol–water partition coefficient (Wildman–Crippen LogP) is 3.01. The lowest BCUT2D eigenvalue weighted by Gasteiger charge is -2.25. The van der Waals surface area contributed by atoms with Gasteiger partial charge in [0, 0.05) is 11.6 Å². The van der Waals surface area contributed by atoms with E-state index in [2.05, 4.69) is 0 Å². The highest BCUT2D eigenvalue weighted by Gasteiger charge is 2.43. The first kappa shape index (κ1) is 21.0. The van der Waals surface area contributed by atoms with E-state index >= 15 is 0 Å². The van der Waals surface area contributed by atoms with Gasteiger partial charge in [-0.1, -0.05) is 11.6 Å². The van der Waals surface area contributed by atoms with E-state index in [0.717, 1.165) is 0 Å². The zero-order chi connectivity index (χ0) is 22.3. The number of aliphatic hydroxyl groups excluding tert-OH is 1. The summed E-state index contributed by atoms with van der Waals surface area (Å²) < 4.78 is 22.0. The predicted molar refractivity (Wildman–Crippen MR) is 114 cm³/mol. The average molecular weight is 446 g/mol. The van der Waals surface area contributed by atoms with Crippen LogP contribution in [-0.4, -0.2) is 50.4 Å². The number of rotatable bonds is 6. The lowest BCUT2D eigenvalue weighted by atomic mass is 9.97. The van der Waals surface area contributed by atoms with E-state index in [0.29, 0.717) is 27.8 Å². The first-order valence-corrected chi connectivity index (χ1v) is 9.80. The third kappa shape index (κ3) is 3.28. The molecule has 0 aliphatic carbocycles. The second kappa shape index (κ2) is 8.13. The minimum atomic E-state index is -0.817. The Morgan fingerprint density at radius 2 is 1.74 bits per heavy atom. The van der Waals surface area contributed by atoms with Crippen molar-refractivity contribution in [2.75, 3.05) is 34.5 Å². The van der Waals surface area contributed by atoms with Crippen molar-refractivity contribution in [2.24, 2.45) is 0 Å². The van der Waals surface area contributed by atoms with Crippen molar-refractivity contribution < 1.29 is 28.5 Å². The Hall–Kier alpha value is -3.23. The van der Waals surface area contributed by atoms with Gasteiger partial charge in [0.15, 0.2) is 16.9 Å². The molecule has 1 aliphatic heterocycles. The number of hydrogen-bond acceptors (Lipinski definition) is 7. The molecular weight excluding hydrogens is 426 g/mol. The average Bonchev–Trinajstić information content (AvgIpc) is 3.05. The van der Waals surface area contributed by atoms with E-state index in [4.69, 9.17) is 30.2 Å². The van der Waals surface area contributed by atoms with Crippen molar-refractivity contribution in [1.82, 2.24) is 4.90 Å². The number of methoxy groups -OCH3 is 3. The smallest absolute Gasteiger partial charge is 0.290 e. The monoisotopic (exact) mass is 445 g/mol. The molecule has 1 amide bonds. The molecule has 0 spiro atoms. The molecule has 1 unspecified atom stereocenters. The van der Waals surface area contributed by atoms with Gasteiger partial charge in [-0.05, 0) is 35.9 Å². The number of nitrogens with zero attached hydrogens (tertiary/aromatic N) is 1. The van der Waals surface area contributed by atoms with Crippen molar-refractivity contribution in [2.45, 2.75) is 6.04 Å². The van der Waals surface area contributed by atoms with Crippen molar-refractivity contribution in [3.8, 4) is 17.2 Å². The number of β-amino-alcohol motifs (C(OH)–C–C–N with tert-alkyl or cyclic N) is 1. The standard InChI is InChI=1S/C22H20ClNO7/c1-28-15-8-11(9-16(29-2)20(15)30-3)18-17-19(26)13-10-12(23)4-5-14(13)31-21(17)22(27)24(18)6-7-25/h4-5,8-10,18,25H,6-7H2,1-3H3. The molecule has 0 saturated heterocycles. The van der Waals surface area contributed by atoms with Crippen LogP contribution < -0.4 is 19.6 Å². The summed E-state index contributed by atoms with van der Waals surface area (Å²) in [6.45, 7) is -0.291. The topological polar surface area (TPSA) is 98.4 Å². The Kier molecular flexibility index (Phi) is 5.51. The number of benzene rings is 2. The zero-order valence-corrected chi connectivity index (χ0v) is 17.9. The lowest BCUT2D eigenvalue weighted by molar-refractivity contribution is 0.0691. The van der Waals surface area contributed by atoms with Crippen molar-refractivity contribution in [1.29, 1.82) is 0 Å². The maximum Gasteiger partial charge on any atom is 0.290 e. The number of aliphatic hydroxyl groups is 1. The van der Waals surface area contributed by atoms with Crippen LogP contribution in [0.25, 0.3) is 11.0 Å². The molecule has 2 heterocycles. The first-order chi connectivity index (χ1) is 14.9. The van der Waals surface area contributed by atoms with Gasteiger partial charge in [0.25, 0.3) is 5.91 Å². The number of ether oxygens (including phenoxy) is 3. The molecule has 1 aliphatic rings. The Morgan fingerprint density at radius 1 is 1.06 bits per heavy atom. The third-order valence-electron chi connectivity index (χ3n) is 5.27.